The minimum atomic E-state index is -0.691. The van der Waals surface area contributed by atoms with Gasteiger partial charge in [-0.3, -0.25) is 4.79 Å². The van der Waals surface area contributed by atoms with E-state index in [0.29, 0.717) is 30.8 Å². The van der Waals surface area contributed by atoms with Crippen molar-refractivity contribution in [1.29, 1.82) is 0 Å². The molecule has 2 aromatic rings. The highest BCUT2D eigenvalue weighted by molar-refractivity contribution is 5.88. The molecule has 4 N–H and O–H groups in total. The summed E-state index contributed by atoms with van der Waals surface area (Å²) in [6.45, 7) is 2.73. The molecule has 3 rings (SSSR count). The lowest BCUT2D eigenvalue weighted by Crippen LogP contribution is -2.39. The van der Waals surface area contributed by atoms with Crippen LogP contribution in [0.4, 0.5) is 0 Å². The monoisotopic (exact) mass is 291 g/mol. The van der Waals surface area contributed by atoms with Crippen LogP contribution in [-0.4, -0.2) is 34.5 Å². The summed E-state index contributed by atoms with van der Waals surface area (Å²) in [6, 6.07) is 2.43. The number of aliphatic hydroxyl groups is 1. The summed E-state index contributed by atoms with van der Waals surface area (Å²) in [5, 5.41) is 33.4. The largest absolute Gasteiger partial charge is 0.507 e. The summed E-state index contributed by atoms with van der Waals surface area (Å²) >= 11 is 0. The minimum Gasteiger partial charge on any atom is -0.507 e. The first-order valence-electron chi connectivity index (χ1n) is 6.87. The van der Waals surface area contributed by atoms with E-state index in [1.807, 2.05) is 0 Å². The summed E-state index contributed by atoms with van der Waals surface area (Å²) in [4.78, 5) is 12.1. The van der Waals surface area contributed by atoms with Gasteiger partial charge >= 0.3 is 0 Å². The molecule has 1 aliphatic rings. The third-order valence-corrected chi connectivity index (χ3v) is 3.94. The quantitative estimate of drug-likeness (QED) is 0.624. The number of phenolic OH excluding ortho intramolecular Hbond substituents is 2. The SMILES string of the molecule is Cc1cc(=O)c2c(O)cc(O)c(C3CCNCC3O)c2o1. The Morgan fingerprint density at radius 1 is 1.29 bits per heavy atom. The van der Waals surface area contributed by atoms with Crippen LogP contribution in [0.15, 0.2) is 21.3 Å². The Hall–Kier alpha value is -2.05. The van der Waals surface area contributed by atoms with E-state index >= 15 is 0 Å². The lowest BCUT2D eigenvalue weighted by atomic mass is 9.86. The van der Waals surface area contributed by atoms with E-state index in [1.165, 1.54) is 6.07 Å². The lowest BCUT2D eigenvalue weighted by Gasteiger charge is -2.29. The molecule has 0 bridgehead atoms. The van der Waals surface area contributed by atoms with Gasteiger partial charge in [-0.05, 0) is 19.9 Å². The van der Waals surface area contributed by atoms with Crippen molar-refractivity contribution in [3.05, 3.63) is 33.7 Å². The molecule has 1 aromatic heterocycles. The molecule has 21 heavy (non-hydrogen) atoms. The predicted octanol–water partition coefficient (Wildman–Crippen LogP) is 0.950. The van der Waals surface area contributed by atoms with Crippen molar-refractivity contribution in [2.45, 2.75) is 25.4 Å². The van der Waals surface area contributed by atoms with Crippen molar-refractivity contribution in [3.63, 3.8) is 0 Å². The van der Waals surface area contributed by atoms with Crippen LogP contribution < -0.4 is 10.7 Å². The van der Waals surface area contributed by atoms with Gasteiger partial charge in [0.1, 0.15) is 28.2 Å². The number of rotatable bonds is 1. The lowest BCUT2D eigenvalue weighted by molar-refractivity contribution is 0.117. The van der Waals surface area contributed by atoms with Crippen LogP contribution in [0.2, 0.25) is 0 Å². The van der Waals surface area contributed by atoms with Gasteiger partial charge in [0.25, 0.3) is 0 Å². The Labute approximate surface area is 120 Å². The molecule has 0 spiro atoms. The molecule has 1 fully saturated rings. The fraction of sp³-hybridized carbons (Fsp3) is 0.400. The third-order valence-electron chi connectivity index (χ3n) is 3.94. The first-order chi connectivity index (χ1) is 9.99. The number of piperidine rings is 1. The van der Waals surface area contributed by atoms with Crippen LogP contribution >= 0.6 is 0 Å². The van der Waals surface area contributed by atoms with E-state index in [9.17, 15) is 20.1 Å². The molecule has 6 nitrogen and oxygen atoms in total. The number of β-amino-alcohol motifs (C(OH)–C–C–N with tert-alkyl or cyclic N) is 1. The summed E-state index contributed by atoms with van der Waals surface area (Å²) in [7, 11) is 0. The van der Waals surface area contributed by atoms with Gasteiger partial charge in [0.2, 0.25) is 0 Å². The number of hydrogen-bond acceptors (Lipinski definition) is 6. The number of aliphatic hydroxyl groups excluding tert-OH is 1. The van der Waals surface area contributed by atoms with E-state index in [2.05, 4.69) is 5.32 Å². The van der Waals surface area contributed by atoms with Gasteiger partial charge in [-0.25, -0.2) is 0 Å². The molecule has 1 saturated heterocycles. The number of nitrogens with one attached hydrogen (secondary N) is 1. The number of fused-ring (bicyclic) bond motifs is 1. The average Bonchev–Trinajstić information content (AvgIpc) is 2.39. The molecule has 0 radical (unpaired) electrons. The van der Waals surface area contributed by atoms with Gasteiger partial charge in [-0.2, -0.15) is 0 Å². The van der Waals surface area contributed by atoms with Gasteiger partial charge in [-0.15, -0.1) is 0 Å². The molecule has 0 aliphatic carbocycles. The zero-order chi connectivity index (χ0) is 15.1. The molecule has 0 saturated carbocycles. The number of phenols is 2. The van der Waals surface area contributed by atoms with Gasteiger partial charge in [-0.1, -0.05) is 0 Å². The highest BCUT2D eigenvalue weighted by Gasteiger charge is 2.30. The third kappa shape index (κ3) is 2.26. The normalized spacial score (nSPS) is 22.6. The van der Waals surface area contributed by atoms with Gasteiger partial charge in [0, 0.05) is 30.2 Å². The van der Waals surface area contributed by atoms with Crippen LogP contribution in [0.25, 0.3) is 11.0 Å². The van der Waals surface area contributed by atoms with Gasteiger partial charge in [0.15, 0.2) is 5.43 Å². The van der Waals surface area contributed by atoms with Crippen LogP contribution in [0.5, 0.6) is 11.5 Å². The van der Waals surface area contributed by atoms with Crippen LogP contribution in [0.1, 0.15) is 23.7 Å². The fourth-order valence-electron chi connectivity index (χ4n) is 2.98. The summed E-state index contributed by atoms with van der Waals surface area (Å²) in [6.07, 6.45) is -0.0880. The molecule has 112 valence electrons. The highest BCUT2D eigenvalue weighted by atomic mass is 16.3. The van der Waals surface area contributed by atoms with E-state index in [4.69, 9.17) is 4.42 Å². The molecule has 2 unspecified atom stereocenters. The Morgan fingerprint density at radius 3 is 2.76 bits per heavy atom. The highest BCUT2D eigenvalue weighted by Crippen LogP contribution is 2.40. The molecule has 2 heterocycles. The summed E-state index contributed by atoms with van der Waals surface area (Å²) < 4.78 is 5.59. The molecule has 6 heteroatoms. The second-order valence-corrected chi connectivity index (χ2v) is 5.42. The Kier molecular flexibility index (Phi) is 3.35. The molecule has 2 atom stereocenters. The first kappa shape index (κ1) is 13.9. The van der Waals surface area contributed by atoms with Gasteiger partial charge < -0.3 is 25.1 Å². The topological polar surface area (TPSA) is 103 Å². The number of aromatic hydroxyl groups is 2. The minimum absolute atomic E-state index is 0.0409. The van der Waals surface area contributed by atoms with Crippen molar-refractivity contribution < 1.29 is 19.7 Å². The van der Waals surface area contributed by atoms with Crippen LogP contribution in [0.3, 0.4) is 0 Å². The van der Waals surface area contributed by atoms with E-state index < -0.39 is 6.10 Å². The Morgan fingerprint density at radius 2 is 2.05 bits per heavy atom. The molecular weight excluding hydrogens is 274 g/mol. The van der Waals surface area contributed by atoms with Crippen LogP contribution in [-0.2, 0) is 0 Å². The maximum Gasteiger partial charge on any atom is 0.196 e. The molecule has 1 aliphatic heterocycles. The second-order valence-electron chi connectivity index (χ2n) is 5.42. The fourth-order valence-corrected chi connectivity index (χ4v) is 2.98. The second kappa shape index (κ2) is 5.05. The Balaban J connectivity index is 2.33. The average molecular weight is 291 g/mol. The van der Waals surface area contributed by atoms with E-state index in [0.717, 1.165) is 6.07 Å². The van der Waals surface area contributed by atoms with Gasteiger partial charge in [0.05, 0.1) is 6.10 Å². The number of hydrogen-bond donors (Lipinski definition) is 4. The summed E-state index contributed by atoms with van der Waals surface area (Å²) in [5.74, 6) is -0.440. The van der Waals surface area contributed by atoms with Crippen molar-refractivity contribution in [1.82, 2.24) is 5.32 Å². The van der Waals surface area contributed by atoms with Crippen LogP contribution in [0, 0.1) is 6.92 Å². The maximum atomic E-state index is 12.1. The zero-order valence-electron chi connectivity index (χ0n) is 11.6. The van der Waals surface area contributed by atoms with Crippen molar-refractivity contribution >= 4 is 11.0 Å². The van der Waals surface area contributed by atoms with Crippen molar-refractivity contribution in [2.75, 3.05) is 13.1 Å². The maximum absolute atomic E-state index is 12.1. The zero-order valence-corrected chi connectivity index (χ0v) is 11.6. The predicted molar refractivity (Wildman–Crippen MR) is 76.8 cm³/mol. The molecule has 1 aromatic carbocycles. The van der Waals surface area contributed by atoms with Crippen molar-refractivity contribution in [2.24, 2.45) is 0 Å². The molecule has 0 amide bonds. The first-order valence-corrected chi connectivity index (χ1v) is 6.87. The number of benzene rings is 1. The summed E-state index contributed by atoms with van der Waals surface area (Å²) in [5.41, 5.74) is 0.178. The smallest absolute Gasteiger partial charge is 0.196 e. The number of aryl methyl sites for hydroxylation is 1. The standard InChI is InChI=1S/C15H17NO5/c1-7-4-9(17)14-11(19)5-10(18)13(15(14)21-7)8-2-3-16-6-12(8)20/h4-5,8,12,16,18-20H,2-3,6H2,1H3. The Bertz CT molecular complexity index is 752. The van der Waals surface area contributed by atoms with E-state index in [1.54, 1.807) is 6.92 Å². The van der Waals surface area contributed by atoms with E-state index in [-0.39, 0.29) is 33.8 Å². The molecular formula is C15H17NO5. The van der Waals surface area contributed by atoms with Crippen molar-refractivity contribution in [3.8, 4) is 11.5 Å².